The summed E-state index contributed by atoms with van der Waals surface area (Å²) in [4.78, 5) is 33.5. The van der Waals surface area contributed by atoms with Crippen molar-refractivity contribution in [2.75, 3.05) is 20.6 Å². The summed E-state index contributed by atoms with van der Waals surface area (Å²) in [6.07, 6.45) is 1.92. The number of aromatic amines is 1. The van der Waals surface area contributed by atoms with Crippen molar-refractivity contribution < 1.29 is 0 Å². The highest BCUT2D eigenvalue weighted by atomic mass is 16.2. The molecule has 140 valence electrons. The minimum Gasteiger partial charge on any atom is -0.308 e. The van der Waals surface area contributed by atoms with E-state index in [1.807, 2.05) is 20.3 Å². The molecule has 0 fully saturated rings. The van der Waals surface area contributed by atoms with Crippen LogP contribution >= 0.6 is 0 Å². The molecule has 1 aromatic carbocycles. The molecule has 0 saturated heterocycles. The SMILES string of the molecule is Cc1ccc(-c2cn3c4c(=O)[nH]c(=O)n(C)c4nc3n2CCN(C)C)cc1. The maximum absolute atomic E-state index is 12.4. The summed E-state index contributed by atoms with van der Waals surface area (Å²) >= 11 is 0. The zero-order valence-corrected chi connectivity index (χ0v) is 15.9. The zero-order valence-electron chi connectivity index (χ0n) is 15.9. The fourth-order valence-electron chi connectivity index (χ4n) is 3.28. The number of benzene rings is 1. The number of aromatic nitrogens is 5. The second kappa shape index (κ2) is 6.24. The number of likely N-dealkylation sites (N-methyl/N-ethyl adjacent to an activating group) is 1. The Balaban J connectivity index is 2.04. The average Bonchev–Trinajstić information content (AvgIpc) is 3.15. The highest BCUT2D eigenvalue weighted by Gasteiger charge is 2.19. The lowest BCUT2D eigenvalue weighted by molar-refractivity contribution is 0.387. The van der Waals surface area contributed by atoms with E-state index in [-0.39, 0.29) is 0 Å². The van der Waals surface area contributed by atoms with Crippen molar-refractivity contribution in [1.82, 2.24) is 28.4 Å². The number of rotatable bonds is 4. The molecule has 0 aliphatic rings. The van der Waals surface area contributed by atoms with Crippen LogP contribution < -0.4 is 11.2 Å². The summed E-state index contributed by atoms with van der Waals surface area (Å²) in [5.74, 6) is 0.647. The number of hydrogen-bond acceptors (Lipinski definition) is 4. The fourth-order valence-corrected chi connectivity index (χ4v) is 3.28. The summed E-state index contributed by atoms with van der Waals surface area (Å²) in [6.45, 7) is 3.58. The quantitative estimate of drug-likeness (QED) is 0.589. The first-order valence-corrected chi connectivity index (χ1v) is 8.79. The van der Waals surface area contributed by atoms with Crippen molar-refractivity contribution in [1.29, 1.82) is 0 Å². The van der Waals surface area contributed by atoms with Crippen LogP contribution in [0.3, 0.4) is 0 Å². The first-order chi connectivity index (χ1) is 12.9. The van der Waals surface area contributed by atoms with Gasteiger partial charge >= 0.3 is 5.69 Å². The Kier molecular flexibility index (Phi) is 4.00. The number of H-pyrrole nitrogens is 1. The molecule has 8 heteroatoms. The van der Waals surface area contributed by atoms with Gasteiger partial charge in [0.05, 0.1) is 5.69 Å². The number of hydrogen-bond donors (Lipinski definition) is 1. The number of nitrogens with one attached hydrogen (secondary N) is 1. The molecule has 0 unspecified atom stereocenters. The molecule has 1 N–H and O–H groups in total. The molecule has 3 heterocycles. The Hall–Kier alpha value is -3.13. The fraction of sp³-hybridized carbons (Fsp3) is 0.316. The van der Waals surface area contributed by atoms with E-state index in [1.54, 1.807) is 11.4 Å². The van der Waals surface area contributed by atoms with Gasteiger partial charge < -0.3 is 9.47 Å². The Bertz CT molecular complexity index is 1250. The van der Waals surface area contributed by atoms with Gasteiger partial charge in [0.15, 0.2) is 11.2 Å². The summed E-state index contributed by atoms with van der Waals surface area (Å²) < 4.78 is 5.23. The van der Waals surface area contributed by atoms with Gasteiger partial charge in [0.2, 0.25) is 5.78 Å². The predicted molar refractivity (Wildman–Crippen MR) is 105 cm³/mol. The van der Waals surface area contributed by atoms with Crippen LogP contribution in [0.25, 0.3) is 28.2 Å². The van der Waals surface area contributed by atoms with Crippen LogP contribution in [0.5, 0.6) is 0 Å². The normalized spacial score (nSPS) is 11.9. The van der Waals surface area contributed by atoms with E-state index in [0.29, 0.717) is 23.5 Å². The van der Waals surface area contributed by atoms with Gasteiger partial charge in [-0.2, -0.15) is 4.98 Å². The van der Waals surface area contributed by atoms with Crippen LogP contribution in [0, 0.1) is 6.92 Å². The first kappa shape index (κ1) is 17.3. The maximum Gasteiger partial charge on any atom is 0.329 e. The summed E-state index contributed by atoms with van der Waals surface area (Å²) in [5.41, 5.74) is 3.09. The van der Waals surface area contributed by atoms with E-state index >= 15 is 0 Å². The Morgan fingerprint density at radius 1 is 1.15 bits per heavy atom. The molecule has 0 aliphatic heterocycles. The highest BCUT2D eigenvalue weighted by molar-refractivity contribution is 5.78. The van der Waals surface area contributed by atoms with Crippen LogP contribution in [0.2, 0.25) is 0 Å². The number of aryl methyl sites for hydroxylation is 2. The minimum absolute atomic E-state index is 0.379. The van der Waals surface area contributed by atoms with Crippen molar-refractivity contribution >= 4 is 16.9 Å². The number of fused-ring (bicyclic) bond motifs is 3. The van der Waals surface area contributed by atoms with Gasteiger partial charge in [0.1, 0.15) is 0 Å². The Morgan fingerprint density at radius 3 is 2.52 bits per heavy atom. The lowest BCUT2D eigenvalue weighted by atomic mass is 10.1. The first-order valence-electron chi connectivity index (χ1n) is 8.79. The third-order valence-electron chi connectivity index (χ3n) is 4.83. The van der Waals surface area contributed by atoms with Crippen molar-refractivity contribution in [2.24, 2.45) is 7.05 Å². The molecular weight excluding hydrogens is 344 g/mol. The molecule has 0 aliphatic carbocycles. The van der Waals surface area contributed by atoms with Crippen LogP contribution in [-0.4, -0.2) is 49.0 Å². The average molecular weight is 366 g/mol. The van der Waals surface area contributed by atoms with Crippen LogP contribution in [0.1, 0.15) is 5.56 Å². The standard InChI is InChI=1S/C19H22N6O2/c1-12-5-7-13(8-6-12)14-11-25-15-16(23(4)19(27)21-17(15)26)20-18(25)24(14)10-9-22(2)3/h5-8,11H,9-10H2,1-4H3,(H,21,26,27). The van der Waals surface area contributed by atoms with Crippen molar-refractivity contribution in [2.45, 2.75) is 13.5 Å². The molecule has 27 heavy (non-hydrogen) atoms. The minimum atomic E-state index is -0.466. The Labute approximate surface area is 155 Å². The predicted octanol–water partition coefficient (Wildman–Crippen LogP) is 1.21. The molecule has 0 saturated carbocycles. The van der Waals surface area contributed by atoms with Gasteiger partial charge in [-0.1, -0.05) is 29.8 Å². The monoisotopic (exact) mass is 366 g/mol. The van der Waals surface area contributed by atoms with Crippen LogP contribution in [0.4, 0.5) is 0 Å². The van der Waals surface area contributed by atoms with Crippen molar-refractivity contribution in [3.63, 3.8) is 0 Å². The molecular formula is C19H22N6O2. The third-order valence-corrected chi connectivity index (χ3v) is 4.83. The van der Waals surface area contributed by atoms with E-state index in [1.165, 1.54) is 10.1 Å². The second-order valence-corrected chi connectivity index (χ2v) is 7.11. The van der Waals surface area contributed by atoms with Crippen LogP contribution in [0.15, 0.2) is 40.1 Å². The third kappa shape index (κ3) is 2.78. The molecule has 4 aromatic rings. The van der Waals surface area contributed by atoms with E-state index in [0.717, 1.165) is 17.8 Å². The van der Waals surface area contributed by atoms with Crippen molar-refractivity contribution in [3.05, 3.63) is 56.9 Å². The summed E-state index contributed by atoms with van der Waals surface area (Å²) in [5, 5.41) is 0. The second-order valence-electron chi connectivity index (χ2n) is 7.11. The topological polar surface area (TPSA) is 80.3 Å². The van der Waals surface area contributed by atoms with E-state index < -0.39 is 11.2 Å². The molecule has 0 spiro atoms. The van der Waals surface area contributed by atoms with E-state index in [4.69, 9.17) is 0 Å². The van der Waals surface area contributed by atoms with Gasteiger partial charge in [-0.05, 0) is 26.6 Å². The highest BCUT2D eigenvalue weighted by Crippen LogP contribution is 2.25. The van der Waals surface area contributed by atoms with Gasteiger partial charge in [-0.15, -0.1) is 0 Å². The lowest BCUT2D eigenvalue weighted by Gasteiger charge is -2.13. The number of nitrogens with zero attached hydrogens (tertiary/aromatic N) is 5. The largest absolute Gasteiger partial charge is 0.329 e. The Morgan fingerprint density at radius 2 is 1.85 bits per heavy atom. The molecule has 0 amide bonds. The van der Waals surface area contributed by atoms with Crippen molar-refractivity contribution in [3.8, 4) is 11.3 Å². The van der Waals surface area contributed by atoms with Crippen LogP contribution in [-0.2, 0) is 13.6 Å². The molecule has 0 bridgehead atoms. The van der Waals surface area contributed by atoms with Gasteiger partial charge in [-0.3, -0.25) is 18.7 Å². The molecule has 0 atom stereocenters. The van der Waals surface area contributed by atoms with Gasteiger partial charge in [-0.25, -0.2) is 4.79 Å². The molecule has 8 nitrogen and oxygen atoms in total. The van der Waals surface area contributed by atoms with E-state index in [9.17, 15) is 9.59 Å². The molecule has 3 aromatic heterocycles. The maximum atomic E-state index is 12.4. The summed E-state index contributed by atoms with van der Waals surface area (Å²) in [7, 11) is 5.64. The lowest BCUT2D eigenvalue weighted by Crippen LogP contribution is -2.28. The smallest absolute Gasteiger partial charge is 0.308 e. The van der Waals surface area contributed by atoms with Gasteiger partial charge in [0, 0.05) is 26.3 Å². The van der Waals surface area contributed by atoms with E-state index in [2.05, 4.69) is 50.6 Å². The molecule has 4 rings (SSSR count). The molecule has 0 radical (unpaired) electrons. The van der Waals surface area contributed by atoms with Gasteiger partial charge in [0.25, 0.3) is 5.56 Å². The number of imidazole rings is 2. The summed E-state index contributed by atoms with van der Waals surface area (Å²) in [6, 6.07) is 8.27. The zero-order chi connectivity index (χ0) is 19.3.